The molecule has 3 fully saturated rings. The highest BCUT2D eigenvalue weighted by atomic mass is 15.4. The Morgan fingerprint density at radius 3 is 2.47 bits per heavy atom. The highest BCUT2D eigenvalue weighted by Crippen LogP contribution is 2.62. The highest BCUT2D eigenvalue weighted by Gasteiger charge is 2.55. The molecule has 0 spiro atoms. The lowest BCUT2D eigenvalue weighted by Gasteiger charge is -2.35. The number of hydrogen-bond acceptors (Lipinski definition) is 4. The Morgan fingerprint density at radius 2 is 1.79 bits per heavy atom. The first-order valence-corrected chi connectivity index (χ1v) is 7.65. The maximum atomic E-state index is 4.78. The van der Waals surface area contributed by atoms with Crippen molar-refractivity contribution in [2.75, 3.05) is 18.0 Å². The summed E-state index contributed by atoms with van der Waals surface area (Å²) >= 11 is 0. The van der Waals surface area contributed by atoms with E-state index in [9.17, 15) is 0 Å². The molecule has 0 aromatic carbocycles. The molecule has 2 N–H and O–H groups in total. The molecule has 1 aromatic heterocycles. The lowest BCUT2D eigenvalue weighted by Crippen LogP contribution is -2.54. The second-order valence-corrected chi connectivity index (χ2v) is 6.68. The van der Waals surface area contributed by atoms with Crippen molar-refractivity contribution in [2.24, 2.45) is 11.8 Å². The van der Waals surface area contributed by atoms with Gasteiger partial charge in [-0.3, -0.25) is 5.10 Å². The first-order valence-electron chi connectivity index (χ1n) is 7.65. The van der Waals surface area contributed by atoms with E-state index in [-0.39, 0.29) is 0 Å². The third-order valence-corrected chi connectivity index (χ3v) is 5.05. The van der Waals surface area contributed by atoms with Crippen LogP contribution < -0.4 is 10.2 Å². The molecule has 3 aliphatic rings. The number of hydrogen-bond donors (Lipinski definition) is 2. The van der Waals surface area contributed by atoms with E-state index in [2.05, 4.69) is 34.3 Å². The zero-order valence-corrected chi connectivity index (χ0v) is 11.8. The van der Waals surface area contributed by atoms with Gasteiger partial charge in [-0.15, -0.1) is 5.10 Å². The van der Waals surface area contributed by atoms with Crippen LogP contribution in [0.2, 0.25) is 0 Å². The maximum Gasteiger partial charge on any atom is 0.244 e. The van der Waals surface area contributed by atoms with Crippen LogP contribution in [0.25, 0.3) is 0 Å². The largest absolute Gasteiger partial charge is 0.336 e. The number of aromatic nitrogens is 3. The predicted molar refractivity (Wildman–Crippen MR) is 74.2 cm³/mol. The summed E-state index contributed by atoms with van der Waals surface area (Å²) in [4.78, 5) is 7.09. The molecule has 19 heavy (non-hydrogen) atoms. The molecular weight excluding hydrogens is 238 g/mol. The molecular formula is C14H23N5. The SMILES string of the molecule is CC1CN(c2n[nH]c(C3C4CCCC43)n2)CC(C)N1. The van der Waals surface area contributed by atoms with Gasteiger partial charge in [0.2, 0.25) is 5.95 Å². The number of fused-ring (bicyclic) bond motifs is 1. The number of H-pyrrole nitrogens is 1. The molecule has 0 amide bonds. The minimum absolute atomic E-state index is 0.506. The molecule has 0 bridgehead atoms. The highest BCUT2D eigenvalue weighted by molar-refractivity contribution is 5.33. The summed E-state index contributed by atoms with van der Waals surface area (Å²) in [5, 5.41) is 11.2. The molecule has 1 saturated heterocycles. The van der Waals surface area contributed by atoms with Gasteiger partial charge in [-0.2, -0.15) is 4.98 Å². The van der Waals surface area contributed by atoms with E-state index >= 15 is 0 Å². The van der Waals surface area contributed by atoms with Gasteiger partial charge in [0.1, 0.15) is 5.82 Å². The summed E-state index contributed by atoms with van der Waals surface area (Å²) < 4.78 is 0. The van der Waals surface area contributed by atoms with Crippen LogP contribution in [0.15, 0.2) is 0 Å². The maximum absolute atomic E-state index is 4.78. The average Bonchev–Trinajstić information content (AvgIpc) is 2.82. The second kappa shape index (κ2) is 4.20. The molecule has 4 unspecified atom stereocenters. The van der Waals surface area contributed by atoms with E-state index in [1.807, 2.05) is 0 Å². The van der Waals surface area contributed by atoms with Crippen LogP contribution in [-0.4, -0.2) is 40.4 Å². The van der Waals surface area contributed by atoms with Crippen LogP contribution >= 0.6 is 0 Å². The number of piperazine rings is 1. The Balaban J connectivity index is 1.49. The summed E-state index contributed by atoms with van der Waals surface area (Å²) in [6.07, 6.45) is 4.21. The third-order valence-electron chi connectivity index (χ3n) is 5.05. The number of aromatic amines is 1. The Bertz CT molecular complexity index is 450. The smallest absolute Gasteiger partial charge is 0.244 e. The van der Waals surface area contributed by atoms with E-state index in [1.54, 1.807) is 0 Å². The summed E-state index contributed by atoms with van der Waals surface area (Å²) in [5.41, 5.74) is 0. The summed E-state index contributed by atoms with van der Waals surface area (Å²) in [5.74, 6) is 4.54. The lowest BCUT2D eigenvalue weighted by atomic mass is 10.1. The zero-order chi connectivity index (χ0) is 13.0. The molecule has 5 heteroatoms. The minimum Gasteiger partial charge on any atom is -0.336 e. The van der Waals surface area contributed by atoms with Crippen LogP contribution in [0, 0.1) is 11.8 Å². The van der Waals surface area contributed by atoms with Crippen LogP contribution in [0.4, 0.5) is 5.95 Å². The van der Waals surface area contributed by atoms with Gasteiger partial charge < -0.3 is 10.2 Å². The van der Waals surface area contributed by atoms with Crippen LogP contribution in [0.1, 0.15) is 44.9 Å². The van der Waals surface area contributed by atoms with Crippen molar-refractivity contribution in [3.63, 3.8) is 0 Å². The van der Waals surface area contributed by atoms with E-state index in [0.717, 1.165) is 36.7 Å². The third kappa shape index (κ3) is 1.95. The van der Waals surface area contributed by atoms with Crippen LogP contribution in [-0.2, 0) is 0 Å². The molecule has 2 saturated carbocycles. The summed E-state index contributed by atoms with van der Waals surface area (Å²) in [6.45, 7) is 6.45. The minimum atomic E-state index is 0.506. The van der Waals surface area contributed by atoms with Gasteiger partial charge in [-0.1, -0.05) is 6.42 Å². The van der Waals surface area contributed by atoms with E-state index < -0.39 is 0 Å². The van der Waals surface area contributed by atoms with Gasteiger partial charge in [0.05, 0.1) is 0 Å². The van der Waals surface area contributed by atoms with Crippen molar-refractivity contribution in [3.8, 4) is 0 Å². The number of nitrogens with zero attached hydrogens (tertiary/aromatic N) is 3. The lowest BCUT2D eigenvalue weighted by molar-refractivity contribution is 0.403. The topological polar surface area (TPSA) is 56.8 Å². The number of nitrogens with one attached hydrogen (secondary N) is 2. The van der Waals surface area contributed by atoms with Crippen LogP contribution in [0.3, 0.4) is 0 Å². The fourth-order valence-electron chi connectivity index (χ4n) is 4.27. The Kier molecular flexibility index (Phi) is 2.59. The normalized spacial score (nSPS) is 41.4. The average molecular weight is 261 g/mol. The zero-order valence-electron chi connectivity index (χ0n) is 11.8. The van der Waals surface area contributed by atoms with Crippen molar-refractivity contribution in [2.45, 2.75) is 51.1 Å². The van der Waals surface area contributed by atoms with E-state index in [0.29, 0.717) is 18.0 Å². The molecule has 1 aromatic rings. The van der Waals surface area contributed by atoms with Gasteiger partial charge in [0.15, 0.2) is 0 Å². The van der Waals surface area contributed by atoms with Crippen molar-refractivity contribution in [1.29, 1.82) is 0 Å². The van der Waals surface area contributed by atoms with Crippen molar-refractivity contribution in [3.05, 3.63) is 5.82 Å². The van der Waals surface area contributed by atoms with Gasteiger partial charge in [-0.25, -0.2) is 0 Å². The monoisotopic (exact) mass is 261 g/mol. The van der Waals surface area contributed by atoms with Gasteiger partial charge in [0, 0.05) is 31.1 Å². The van der Waals surface area contributed by atoms with Crippen molar-refractivity contribution in [1.82, 2.24) is 20.5 Å². The molecule has 4 atom stereocenters. The second-order valence-electron chi connectivity index (χ2n) is 6.68. The van der Waals surface area contributed by atoms with Gasteiger partial charge in [0.25, 0.3) is 0 Å². The molecule has 5 nitrogen and oxygen atoms in total. The quantitative estimate of drug-likeness (QED) is 0.847. The number of rotatable bonds is 2. The van der Waals surface area contributed by atoms with E-state index in [4.69, 9.17) is 4.98 Å². The molecule has 0 radical (unpaired) electrons. The fourth-order valence-corrected chi connectivity index (χ4v) is 4.27. The predicted octanol–water partition coefficient (Wildman–Crippen LogP) is 1.50. The van der Waals surface area contributed by atoms with Gasteiger partial charge in [-0.05, 0) is 38.5 Å². The summed E-state index contributed by atoms with van der Waals surface area (Å²) in [7, 11) is 0. The Morgan fingerprint density at radius 1 is 1.11 bits per heavy atom. The molecule has 1 aliphatic heterocycles. The molecule has 2 aliphatic carbocycles. The Hall–Kier alpha value is -1.10. The number of anilines is 1. The van der Waals surface area contributed by atoms with Gasteiger partial charge >= 0.3 is 0 Å². The summed E-state index contributed by atoms with van der Waals surface area (Å²) in [6, 6.07) is 1.01. The molecule has 2 heterocycles. The first kappa shape index (κ1) is 11.7. The first-order chi connectivity index (χ1) is 9.22. The van der Waals surface area contributed by atoms with Crippen LogP contribution in [0.5, 0.6) is 0 Å². The Labute approximate surface area is 114 Å². The standard InChI is InChI=1S/C14H23N5/c1-8-6-19(7-9(2)15-8)14-16-13(17-18-14)12-10-4-3-5-11(10)12/h8-12,15H,3-7H2,1-2H3,(H,16,17,18). The van der Waals surface area contributed by atoms with Crippen molar-refractivity contribution < 1.29 is 0 Å². The van der Waals surface area contributed by atoms with Crippen molar-refractivity contribution >= 4 is 5.95 Å². The molecule has 4 rings (SSSR count). The van der Waals surface area contributed by atoms with E-state index in [1.165, 1.54) is 19.3 Å². The fraction of sp³-hybridized carbons (Fsp3) is 0.857. The molecule has 104 valence electrons.